The Morgan fingerprint density at radius 1 is 1.13 bits per heavy atom. The molecule has 0 aliphatic carbocycles. The van der Waals surface area contributed by atoms with Crippen LogP contribution in [0.4, 0.5) is 0 Å². The predicted octanol–water partition coefficient (Wildman–Crippen LogP) is 0.0999. The molecule has 0 aliphatic heterocycles. The number of hydrogen-bond donors (Lipinski definition) is 2. The first kappa shape index (κ1) is 21.8. The summed E-state index contributed by atoms with van der Waals surface area (Å²) in [4.78, 5) is 54.4. The van der Waals surface area contributed by atoms with Gasteiger partial charge in [-0.3, -0.25) is 18.7 Å². The van der Waals surface area contributed by atoms with Gasteiger partial charge >= 0.3 is 11.7 Å². The van der Waals surface area contributed by atoms with E-state index in [0.717, 1.165) is 18.8 Å². The quantitative estimate of drug-likeness (QED) is 0.543. The van der Waals surface area contributed by atoms with Crippen molar-refractivity contribution in [1.82, 2.24) is 18.8 Å². The van der Waals surface area contributed by atoms with E-state index in [9.17, 15) is 29.4 Å². The Morgan fingerprint density at radius 3 is 2.35 bits per heavy atom. The van der Waals surface area contributed by atoms with Gasteiger partial charge in [-0.05, 0) is 24.1 Å². The molecule has 3 rings (SSSR count). The molecule has 2 heterocycles. The van der Waals surface area contributed by atoms with E-state index in [-0.39, 0.29) is 29.8 Å². The molecular formula is C20H23N5O6. The zero-order valence-corrected chi connectivity index (χ0v) is 17.3. The lowest BCUT2D eigenvalue weighted by molar-refractivity contribution is -0.141. The summed E-state index contributed by atoms with van der Waals surface area (Å²) in [5, 5.41) is 20.4. The fraction of sp³-hybridized carbons (Fsp3) is 0.350. The van der Waals surface area contributed by atoms with Gasteiger partial charge in [0.25, 0.3) is 5.56 Å². The standard InChI is InChI=1S/C20H23N5O6/c1-4-5-15(27)25(14(19(29)30)10-12-6-8-13(26)9-7-12)24-11-21-17-16(24)18(28)23(3)20(31)22(17)2/h6-9,11,14,26H,4-5,10H2,1-3H3,(H,29,30)/t14-/m0/s1. The van der Waals surface area contributed by atoms with E-state index < -0.39 is 29.2 Å². The Morgan fingerprint density at radius 2 is 1.77 bits per heavy atom. The average molecular weight is 429 g/mol. The van der Waals surface area contributed by atoms with Crippen LogP contribution in [0.1, 0.15) is 25.3 Å². The third kappa shape index (κ3) is 3.93. The number of amides is 1. The van der Waals surface area contributed by atoms with Crippen molar-refractivity contribution in [3.8, 4) is 5.75 Å². The largest absolute Gasteiger partial charge is 0.508 e. The van der Waals surface area contributed by atoms with Gasteiger partial charge in [0.15, 0.2) is 17.2 Å². The first-order valence-electron chi connectivity index (χ1n) is 9.63. The predicted molar refractivity (Wildman–Crippen MR) is 112 cm³/mol. The number of carbonyl (C=O) groups is 2. The van der Waals surface area contributed by atoms with Crippen LogP contribution >= 0.6 is 0 Å². The van der Waals surface area contributed by atoms with Crippen molar-refractivity contribution in [2.24, 2.45) is 14.1 Å². The minimum atomic E-state index is -1.36. The molecule has 0 bridgehead atoms. The van der Waals surface area contributed by atoms with Gasteiger partial charge < -0.3 is 10.2 Å². The van der Waals surface area contributed by atoms with Gasteiger partial charge in [0.1, 0.15) is 12.1 Å². The van der Waals surface area contributed by atoms with Gasteiger partial charge in [-0.1, -0.05) is 19.1 Å². The molecule has 0 radical (unpaired) electrons. The summed E-state index contributed by atoms with van der Waals surface area (Å²) < 4.78 is 3.15. The number of benzene rings is 1. The van der Waals surface area contributed by atoms with Crippen LogP contribution in [-0.2, 0) is 30.1 Å². The molecular weight excluding hydrogens is 406 g/mol. The minimum absolute atomic E-state index is 0.0274. The van der Waals surface area contributed by atoms with Crippen molar-refractivity contribution >= 4 is 23.0 Å². The second-order valence-electron chi connectivity index (χ2n) is 7.18. The summed E-state index contributed by atoms with van der Waals surface area (Å²) in [6, 6.07) is 4.60. The Balaban J connectivity index is 2.22. The van der Waals surface area contributed by atoms with Gasteiger partial charge in [-0.2, -0.15) is 0 Å². The van der Waals surface area contributed by atoms with Crippen LogP contribution in [0.25, 0.3) is 11.2 Å². The van der Waals surface area contributed by atoms with Crippen molar-refractivity contribution in [2.75, 3.05) is 5.01 Å². The Hall–Kier alpha value is -3.89. The van der Waals surface area contributed by atoms with E-state index in [1.54, 1.807) is 19.1 Å². The van der Waals surface area contributed by atoms with Crippen molar-refractivity contribution in [3.63, 3.8) is 0 Å². The summed E-state index contributed by atoms with van der Waals surface area (Å²) in [5.74, 6) is -1.76. The maximum absolute atomic E-state index is 13.0. The third-order valence-electron chi connectivity index (χ3n) is 5.03. The number of phenols is 1. The number of aromatic nitrogens is 4. The van der Waals surface area contributed by atoms with Gasteiger partial charge in [0, 0.05) is 26.9 Å². The molecule has 0 saturated heterocycles. The molecule has 3 aromatic rings. The summed E-state index contributed by atoms with van der Waals surface area (Å²) >= 11 is 0. The lowest BCUT2D eigenvalue weighted by atomic mass is 10.0. The molecule has 1 atom stereocenters. The first-order chi connectivity index (χ1) is 14.7. The van der Waals surface area contributed by atoms with Crippen LogP contribution in [0.5, 0.6) is 5.75 Å². The third-order valence-corrected chi connectivity index (χ3v) is 5.03. The topological polar surface area (TPSA) is 140 Å². The molecule has 1 aromatic carbocycles. The highest BCUT2D eigenvalue weighted by Crippen LogP contribution is 2.17. The van der Waals surface area contributed by atoms with E-state index in [0.29, 0.717) is 12.0 Å². The number of aromatic hydroxyl groups is 1. The summed E-state index contributed by atoms with van der Waals surface area (Å²) in [7, 11) is 2.73. The maximum atomic E-state index is 13.0. The molecule has 0 aliphatic rings. The number of carboxylic acid groups (broad SMARTS) is 1. The van der Waals surface area contributed by atoms with Crippen molar-refractivity contribution in [3.05, 3.63) is 57.0 Å². The second kappa shape index (κ2) is 8.46. The summed E-state index contributed by atoms with van der Waals surface area (Å²) in [5.41, 5.74) is -0.752. The Bertz CT molecular complexity index is 1250. The molecule has 0 unspecified atom stereocenters. The molecule has 31 heavy (non-hydrogen) atoms. The van der Waals surface area contributed by atoms with Gasteiger partial charge in [-0.15, -0.1) is 0 Å². The molecule has 0 fully saturated rings. The molecule has 2 N–H and O–H groups in total. The lowest BCUT2D eigenvalue weighted by Crippen LogP contribution is -2.53. The fourth-order valence-corrected chi connectivity index (χ4v) is 3.40. The zero-order valence-electron chi connectivity index (χ0n) is 17.3. The number of imidazole rings is 1. The normalized spacial score (nSPS) is 12.1. The molecule has 11 heteroatoms. The Labute approximate surface area is 176 Å². The lowest BCUT2D eigenvalue weighted by Gasteiger charge is -2.30. The van der Waals surface area contributed by atoms with E-state index in [1.807, 2.05) is 0 Å². The van der Waals surface area contributed by atoms with Crippen molar-refractivity contribution < 1.29 is 19.8 Å². The van der Waals surface area contributed by atoms with Crippen molar-refractivity contribution in [2.45, 2.75) is 32.2 Å². The van der Waals surface area contributed by atoms with Crippen LogP contribution in [0.15, 0.2) is 40.2 Å². The van der Waals surface area contributed by atoms with Crippen LogP contribution in [0.2, 0.25) is 0 Å². The highest BCUT2D eigenvalue weighted by molar-refractivity contribution is 5.94. The SMILES string of the molecule is CCCC(=O)N([C@@H](Cc1ccc(O)cc1)C(=O)O)n1cnc2c1c(=O)n(C)c(=O)n2C. The maximum Gasteiger partial charge on any atom is 0.332 e. The number of fused-ring (bicyclic) bond motifs is 1. The Kier molecular flexibility index (Phi) is 5.95. The van der Waals surface area contributed by atoms with Crippen LogP contribution in [0.3, 0.4) is 0 Å². The van der Waals surface area contributed by atoms with Crippen LogP contribution in [-0.4, -0.2) is 46.9 Å². The zero-order chi connectivity index (χ0) is 22.9. The molecule has 2 aromatic heterocycles. The first-order valence-corrected chi connectivity index (χ1v) is 9.63. The van der Waals surface area contributed by atoms with Crippen LogP contribution < -0.4 is 16.3 Å². The second-order valence-corrected chi connectivity index (χ2v) is 7.18. The van der Waals surface area contributed by atoms with Gasteiger partial charge in [0.05, 0.1) is 0 Å². The van der Waals surface area contributed by atoms with Crippen molar-refractivity contribution in [1.29, 1.82) is 0 Å². The smallest absolute Gasteiger partial charge is 0.332 e. The van der Waals surface area contributed by atoms with Gasteiger partial charge in [-0.25, -0.2) is 24.3 Å². The number of carbonyl (C=O) groups excluding carboxylic acids is 1. The highest BCUT2D eigenvalue weighted by Gasteiger charge is 2.33. The average Bonchev–Trinajstić information content (AvgIpc) is 3.16. The number of carboxylic acids is 1. The molecule has 164 valence electrons. The van der Waals surface area contributed by atoms with E-state index in [2.05, 4.69) is 4.98 Å². The fourth-order valence-electron chi connectivity index (χ4n) is 3.40. The number of aliphatic carboxylic acids is 1. The minimum Gasteiger partial charge on any atom is -0.508 e. The highest BCUT2D eigenvalue weighted by atomic mass is 16.4. The summed E-state index contributed by atoms with van der Waals surface area (Å²) in [6.45, 7) is 1.78. The number of hydrogen-bond acceptors (Lipinski definition) is 6. The van der Waals surface area contributed by atoms with E-state index in [4.69, 9.17) is 0 Å². The van der Waals surface area contributed by atoms with E-state index >= 15 is 0 Å². The van der Waals surface area contributed by atoms with Gasteiger partial charge in [0.2, 0.25) is 5.91 Å². The number of rotatable bonds is 7. The van der Waals surface area contributed by atoms with E-state index in [1.165, 1.54) is 32.6 Å². The number of aryl methyl sites for hydroxylation is 1. The monoisotopic (exact) mass is 429 g/mol. The number of phenolic OH excluding ortho intramolecular Hbond substituents is 1. The molecule has 11 nitrogen and oxygen atoms in total. The molecule has 0 spiro atoms. The number of nitrogens with zero attached hydrogens (tertiary/aromatic N) is 5. The molecule has 0 saturated carbocycles. The summed E-state index contributed by atoms with van der Waals surface area (Å²) in [6.07, 6.45) is 1.61. The van der Waals surface area contributed by atoms with Crippen LogP contribution in [0, 0.1) is 0 Å². The molecule has 1 amide bonds.